The highest BCUT2D eigenvalue weighted by molar-refractivity contribution is 5.92. The Bertz CT molecular complexity index is 823. The summed E-state index contributed by atoms with van der Waals surface area (Å²) in [6.45, 7) is 4.09. The van der Waals surface area contributed by atoms with Crippen LogP contribution in [0.4, 0.5) is 24.5 Å². The zero-order chi connectivity index (χ0) is 18.9. The summed E-state index contributed by atoms with van der Waals surface area (Å²) in [4.78, 5) is 21.9. The molecule has 0 atom stereocenters. The van der Waals surface area contributed by atoms with E-state index in [2.05, 4.69) is 10.4 Å². The third kappa shape index (κ3) is 3.78. The smallest absolute Gasteiger partial charge is 0.324 e. The Morgan fingerprint density at radius 2 is 1.84 bits per heavy atom. The number of aryl methyl sites for hydroxylation is 2. The number of hydrogen-bond donors (Lipinski definition) is 1. The van der Waals surface area contributed by atoms with Crippen molar-refractivity contribution in [2.24, 2.45) is 0 Å². The molecule has 0 aliphatic heterocycles. The molecule has 0 aliphatic carbocycles. The maximum absolute atomic E-state index is 12.9. The molecule has 0 bridgehead atoms. The average molecular weight is 356 g/mol. The van der Waals surface area contributed by atoms with Crippen LogP contribution in [0.3, 0.4) is 0 Å². The number of halogens is 3. The van der Waals surface area contributed by atoms with E-state index in [0.717, 1.165) is 18.1 Å². The molecule has 1 N–H and O–H groups in total. The minimum atomic E-state index is -4.98. The van der Waals surface area contributed by atoms with Crippen LogP contribution in [-0.4, -0.2) is 20.6 Å². The van der Waals surface area contributed by atoms with Crippen molar-refractivity contribution in [3.8, 4) is 0 Å². The van der Waals surface area contributed by atoms with Gasteiger partial charge < -0.3 is 5.32 Å². The molecule has 0 saturated carbocycles. The molecule has 25 heavy (non-hydrogen) atoms. The average Bonchev–Trinajstić information content (AvgIpc) is 2.80. The Kier molecular flexibility index (Phi) is 4.82. The van der Waals surface area contributed by atoms with Crippen LogP contribution in [0.15, 0.2) is 18.2 Å². The third-order valence-electron chi connectivity index (χ3n) is 3.66. The number of nitro groups is 1. The van der Waals surface area contributed by atoms with E-state index in [0.29, 0.717) is 10.4 Å². The van der Waals surface area contributed by atoms with Crippen LogP contribution < -0.4 is 5.32 Å². The number of rotatable bonds is 4. The summed E-state index contributed by atoms with van der Waals surface area (Å²) in [7, 11) is 0. The first-order valence-electron chi connectivity index (χ1n) is 7.17. The van der Waals surface area contributed by atoms with Crippen molar-refractivity contribution in [1.29, 1.82) is 0 Å². The highest BCUT2D eigenvalue weighted by Crippen LogP contribution is 2.36. The van der Waals surface area contributed by atoms with Crippen LogP contribution in [0, 0.1) is 30.9 Å². The quantitative estimate of drug-likeness (QED) is 0.672. The minimum Gasteiger partial charge on any atom is -0.324 e. The number of nitrogens with zero attached hydrogens (tertiary/aromatic N) is 3. The van der Waals surface area contributed by atoms with Crippen molar-refractivity contribution in [3.05, 3.63) is 50.8 Å². The number of aromatic nitrogens is 2. The molecule has 0 saturated heterocycles. The lowest BCUT2D eigenvalue weighted by atomic mass is 10.1. The van der Waals surface area contributed by atoms with Gasteiger partial charge >= 0.3 is 11.9 Å². The van der Waals surface area contributed by atoms with Crippen LogP contribution in [-0.2, 0) is 17.5 Å². The molecule has 10 heteroatoms. The van der Waals surface area contributed by atoms with E-state index in [1.54, 1.807) is 32.0 Å². The molecule has 0 spiro atoms. The number of hydrogen-bond acceptors (Lipinski definition) is 4. The van der Waals surface area contributed by atoms with Gasteiger partial charge in [-0.3, -0.25) is 19.6 Å². The van der Waals surface area contributed by atoms with Gasteiger partial charge in [-0.2, -0.15) is 18.3 Å². The first kappa shape index (κ1) is 18.4. The van der Waals surface area contributed by atoms with Crippen LogP contribution >= 0.6 is 0 Å². The van der Waals surface area contributed by atoms with E-state index in [9.17, 15) is 28.1 Å². The van der Waals surface area contributed by atoms with Gasteiger partial charge in [0.05, 0.1) is 4.92 Å². The number of amides is 1. The van der Waals surface area contributed by atoms with E-state index in [4.69, 9.17) is 0 Å². The number of benzene rings is 1. The molecule has 134 valence electrons. The lowest BCUT2D eigenvalue weighted by Crippen LogP contribution is -2.21. The highest BCUT2D eigenvalue weighted by Gasteiger charge is 2.44. The van der Waals surface area contributed by atoms with Gasteiger partial charge in [-0.25, -0.2) is 0 Å². The number of anilines is 1. The molecule has 1 aromatic carbocycles. The van der Waals surface area contributed by atoms with Crippen molar-refractivity contribution in [2.45, 2.75) is 33.5 Å². The summed E-state index contributed by atoms with van der Waals surface area (Å²) < 4.78 is 39.4. The molecular formula is C15H15F3N4O3. The third-order valence-corrected chi connectivity index (χ3v) is 3.66. The summed E-state index contributed by atoms with van der Waals surface area (Å²) in [5.74, 6) is -0.633. The summed E-state index contributed by atoms with van der Waals surface area (Å²) in [5.41, 5.74) is -0.987. The van der Waals surface area contributed by atoms with Crippen molar-refractivity contribution in [1.82, 2.24) is 9.78 Å². The van der Waals surface area contributed by atoms with Gasteiger partial charge in [0, 0.05) is 5.69 Å². The van der Waals surface area contributed by atoms with Gasteiger partial charge in [0.15, 0.2) is 0 Å². The lowest BCUT2D eigenvalue weighted by Gasteiger charge is -2.11. The second-order valence-corrected chi connectivity index (χ2v) is 5.51. The van der Waals surface area contributed by atoms with E-state index in [1.165, 1.54) is 0 Å². The second-order valence-electron chi connectivity index (χ2n) is 5.51. The maximum Gasteiger partial charge on any atom is 0.442 e. The Labute approximate surface area is 140 Å². The van der Waals surface area contributed by atoms with Crippen molar-refractivity contribution < 1.29 is 22.9 Å². The molecule has 1 amide bonds. The number of nitrogens with one attached hydrogen (secondary N) is 1. The lowest BCUT2D eigenvalue weighted by molar-refractivity contribution is -0.388. The molecule has 1 heterocycles. The standard InChI is InChI=1S/C15H15F3N4O3/c1-8-5-4-6-9(2)12(8)19-11(23)7-21-10(3)13(22(24)25)14(20-21)15(16,17)18/h4-6H,7H2,1-3H3,(H,19,23). The van der Waals surface area contributed by atoms with E-state index in [1.807, 2.05) is 0 Å². The summed E-state index contributed by atoms with van der Waals surface area (Å²) in [5, 5.41) is 16.7. The molecule has 0 unspecified atom stereocenters. The molecule has 2 aromatic rings. The molecule has 7 nitrogen and oxygen atoms in total. The van der Waals surface area contributed by atoms with Gasteiger partial charge in [0.2, 0.25) is 11.6 Å². The van der Waals surface area contributed by atoms with E-state index in [-0.39, 0.29) is 5.69 Å². The molecular weight excluding hydrogens is 341 g/mol. The van der Waals surface area contributed by atoms with Crippen molar-refractivity contribution >= 4 is 17.3 Å². The number of carbonyl (C=O) groups is 1. The zero-order valence-electron chi connectivity index (χ0n) is 13.6. The minimum absolute atomic E-state index is 0.339. The molecule has 0 fully saturated rings. The second kappa shape index (κ2) is 6.54. The molecule has 2 rings (SSSR count). The largest absolute Gasteiger partial charge is 0.442 e. The van der Waals surface area contributed by atoms with Crippen LogP contribution in [0.1, 0.15) is 22.5 Å². The van der Waals surface area contributed by atoms with Crippen molar-refractivity contribution in [3.63, 3.8) is 0 Å². The Balaban J connectivity index is 2.32. The predicted octanol–water partition coefficient (Wildman–Crippen LogP) is 3.37. The van der Waals surface area contributed by atoms with Crippen LogP contribution in [0.2, 0.25) is 0 Å². The van der Waals surface area contributed by atoms with Crippen LogP contribution in [0.5, 0.6) is 0 Å². The fourth-order valence-electron chi connectivity index (χ4n) is 2.43. The number of para-hydroxylation sites is 1. The first-order chi connectivity index (χ1) is 11.5. The van der Waals surface area contributed by atoms with Crippen LogP contribution in [0.25, 0.3) is 0 Å². The van der Waals surface area contributed by atoms with Gasteiger partial charge in [-0.15, -0.1) is 0 Å². The normalized spacial score (nSPS) is 11.4. The predicted molar refractivity (Wildman–Crippen MR) is 83.2 cm³/mol. The molecule has 1 aromatic heterocycles. The fourth-order valence-corrected chi connectivity index (χ4v) is 2.43. The summed E-state index contributed by atoms with van der Waals surface area (Å²) in [6, 6.07) is 5.35. The van der Waals surface area contributed by atoms with Gasteiger partial charge in [0.25, 0.3) is 0 Å². The summed E-state index contributed by atoms with van der Waals surface area (Å²) in [6.07, 6.45) is -4.98. The first-order valence-corrected chi connectivity index (χ1v) is 7.17. The monoisotopic (exact) mass is 356 g/mol. The fraction of sp³-hybridized carbons (Fsp3) is 0.333. The number of alkyl halides is 3. The highest BCUT2D eigenvalue weighted by atomic mass is 19.4. The van der Waals surface area contributed by atoms with Gasteiger partial charge in [-0.1, -0.05) is 18.2 Å². The maximum atomic E-state index is 12.9. The van der Waals surface area contributed by atoms with Crippen molar-refractivity contribution in [2.75, 3.05) is 5.32 Å². The van der Waals surface area contributed by atoms with Gasteiger partial charge in [0.1, 0.15) is 12.2 Å². The molecule has 0 aliphatic rings. The topological polar surface area (TPSA) is 90.1 Å². The number of carbonyl (C=O) groups excluding carboxylic acids is 1. The summed E-state index contributed by atoms with van der Waals surface area (Å²) >= 11 is 0. The van der Waals surface area contributed by atoms with E-state index < -0.39 is 34.9 Å². The Morgan fingerprint density at radius 3 is 2.28 bits per heavy atom. The van der Waals surface area contributed by atoms with E-state index >= 15 is 0 Å². The SMILES string of the molecule is Cc1cccc(C)c1NC(=O)Cn1nc(C(F)(F)F)c([N+](=O)[O-])c1C. The van der Waals surface area contributed by atoms with Gasteiger partial charge in [-0.05, 0) is 31.9 Å². The molecule has 0 radical (unpaired) electrons. The Morgan fingerprint density at radius 1 is 1.28 bits per heavy atom. The Hall–Kier alpha value is -2.91. The zero-order valence-corrected chi connectivity index (χ0v) is 13.6.